The van der Waals surface area contributed by atoms with Crippen molar-refractivity contribution in [2.45, 2.75) is 75.9 Å². The number of benzene rings is 3. The van der Waals surface area contributed by atoms with Gasteiger partial charge in [0.2, 0.25) is 29.5 Å². The zero-order chi connectivity index (χ0) is 46.2. The molecule has 7 N–H and O–H groups in total. The van der Waals surface area contributed by atoms with E-state index in [9.17, 15) is 33.6 Å². The van der Waals surface area contributed by atoms with Crippen LogP contribution in [0.15, 0.2) is 103 Å². The number of hydrogen-bond donors (Lipinski definition) is 6. The molecule has 0 bridgehead atoms. The molecule has 65 heavy (non-hydrogen) atoms. The van der Waals surface area contributed by atoms with Crippen LogP contribution in [-0.2, 0) is 44.7 Å². The molecule has 15 heteroatoms. The first-order chi connectivity index (χ1) is 31.6. The Morgan fingerprint density at radius 3 is 2.05 bits per heavy atom. The Labute approximate surface area is 380 Å². The van der Waals surface area contributed by atoms with Crippen molar-refractivity contribution in [2.24, 2.45) is 17.6 Å². The van der Waals surface area contributed by atoms with Crippen LogP contribution in [0.2, 0.25) is 0 Å². The third-order valence-corrected chi connectivity index (χ3v) is 11.4. The number of amides is 5. The van der Waals surface area contributed by atoms with Crippen molar-refractivity contribution >= 4 is 47.2 Å². The van der Waals surface area contributed by atoms with Gasteiger partial charge in [0.1, 0.15) is 12.1 Å². The van der Waals surface area contributed by atoms with Crippen LogP contribution in [-0.4, -0.2) is 105 Å². The van der Waals surface area contributed by atoms with Crippen LogP contribution in [0.4, 0.5) is 0 Å². The van der Waals surface area contributed by atoms with Crippen molar-refractivity contribution in [1.29, 1.82) is 0 Å². The van der Waals surface area contributed by atoms with E-state index in [1.807, 2.05) is 42.5 Å². The first-order valence-corrected chi connectivity index (χ1v) is 22.5. The van der Waals surface area contributed by atoms with Gasteiger partial charge in [-0.3, -0.25) is 33.6 Å². The van der Waals surface area contributed by atoms with Crippen LogP contribution in [0.1, 0.15) is 78.4 Å². The van der Waals surface area contributed by atoms with Crippen LogP contribution < -0.4 is 32.3 Å². The summed E-state index contributed by atoms with van der Waals surface area (Å²) in [7, 11) is 0. The minimum atomic E-state index is -1.31. The largest absolute Gasteiger partial charge is 0.378 e. The number of nitrogens with one attached hydrogen (secondary N) is 5. The molecule has 0 aromatic heterocycles. The fourth-order valence-corrected chi connectivity index (χ4v) is 7.85. The lowest BCUT2D eigenvalue weighted by molar-refractivity contribution is -0.134. The molecule has 3 aromatic carbocycles. The number of rotatable bonds is 18. The van der Waals surface area contributed by atoms with Crippen molar-refractivity contribution in [3.8, 4) is 0 Å². The number of carbonyl (C=O) groups excluding carboxylic acids is 7. The topological polar surface area (TPSA) is 224 Å². The van der Waals surface area contributed by atoms with Gasteiger partial charge in [-0.15, -0.1) is 0 Å². The molecule has 5 amide bonds. The molecule has 1 aliphatic carbocycles. The molecule has 4 atom stereocenters. The maximum Gasteiger partial charge on any atom is 0.244 e. The molecular weight excluding hydrogens is 829 g/mol. The molecule has 1 fully saturated rings. The van der Waals surface area contributed by atoms with E-state index < -0.39 is 53.6 Å². The summed E-state index contributed by atoms with van der Waals surface area (Å²) in [4.78, 5) is 96.1. The Morgan fingerprint density at radius 1 is 0.708 bits per heavy atom. The van der Waals surface area contributed by atoms with Gasteiger partial charge in [0.25, 0.3) is 0 Å². The van der Waals surface area contributed by atoms with Gasteiger partial charge in [0.15, 0.2) is 11.6 Å². The Kier molecular flexibility index (Phi) is 20.8. The molecule has 1 aliphatic heterocycles. The molecular formula is C50H62N6O9. The highest BCUT2D eigenvalue weighted by Gasteiger charge is 2.33. The van der Waals surface area contributed by atoms with Crippen molar-refractivity contribution in [3.05, 3.63) is 125 Å². The number of hydrogen-bond acceptors (Lipinski definition) is 10. The monoisotopic (exact) mass is 890 g/mol. The van der Waals surface area contributed by atoms with E-state index in [1.54, 1.807) is 54.6 Å². The van der Waals surface area contributed by atoms with Gasteiger partial charge in [-0.2, -0.15) is 0 Å². The SMILES string of the molecule is NCCOCCOCCNC(=O)[C@@H]1CNC(=O)[C@H](Cc2ccc(C(=O)c3ccccc3)cc2)NC(=O)[C@H](CC2CCCCC2)CC(=O)[C@H](C/C=C/c2ccccc2)NC(=O)/C=C\C(=O)N1. The summed E-state index contributed by atoms with van der Waals surface area (Å²) >= 11 is 0. The Hall–Kier alpha value is -6.29. The molecule has 0 unspecified atom stereocenters. The highest BCUT2D eigenvalue weighted by atomic mass is 16.5. The molecule has 5 rings (SSSR count). The lowest BCUT2D eigenvalue weighted by atomic mass is 9.80. The predicted molar refractivity (Wildman–Crippen MR) is 246 cm³/mol. The summed E-state index contributed by atoms with van der Waals surface area (Å²) in [6.07, 6.45) is 10.8. The fraction of sp³-hybridized carbons (Fsp3) is 0.420. The highest BCUT2D eigenvalue weighted by Crippen LogP contribution is 2.31. The molecule has 3 aromatic rings. The van der Waals surface area contributed by atoms with Crippen LogP contribution in [0, 0.1) is 11.8 Å². The average molecular weight is 891 g/mol. The van der Waals surface area contributed by atoms with Crippen molar-refractivity contribution in [2.75, 3.05) is 46.1 Å². The molecule has 15 nitrogen and oxygen atoms in total. The first kappa shape index (κ1) is 49.7. The number of Topliss-reactive ketones (excluding diaryl/α,β-unsaturated/α-hetero) is 1. The van der Waals surface area contributed by atoms with Gasteiger partial charge in [0.05, 0.1) is 32.5 Å². The molecule has 2 aliphatic rings. The second-order valence-electron chi connectivity index (χ2n) is 16.3. The number of carbonyl (C=O) groups is 7. The molecule has 346 valence electrons. The Balaban J connectivity index is 1.42. The van der Waals surface area contributed by atoms with Crippen LogP contribution in [0.3, 0.4) is 0 Å². The van der Waals surface area contributed by atoms with E-state index in [2.05, 4.69) is 26.6 Å². The normalized spacial score (nSPS) is 21.1. The second kappa shape index (κ2) is 27.1. The van der Waals surface area contributed by atoms with Gasteiger partial charge in [0, 0.05) is 61.7 Å². The van der Waals surface area contributed by atoms with Crippen LogP contribution in [0.25, 0.3) is 6.08 Å². The highest BCUT2D eigenvalue weighted by molar-refractivity contribution is 6.09. The summed E-state index contributed by atoms with van der Waals surface area (Å²) in [6, 6.07) is 21.5. The molecule has 0 radical (unpaired) electrons. The van der Waals surface area contributed by atoms with Gasteiger partial charge >= 0.3 is 0 Å². The van der Waals surface area contributed by atoms with Crippen LogP contribution in [0.5, 0.6) is 0 Å². The molecule has 0 saturated heterocycles. The standard InChI is InChI=1S/C50H62N6O9/c51-25-27-64-29-30-65-28-26-52-50(63)43-34-53-49(62)42(32-37-19-21-39(22-20-37)47(60)38-16-8-3-9-17-38)56-48(61)40(31-36-13-6-2-7-14-36)33-44(57)41(54-45(58)23-24-46(59)55-43)18-10-15-35-11-4-1-5-12-35/h1,3-5,8-12,15-17,19-24,36,40-43H,2,6-7,13-14,18,25-34,51H2,(H,52,63)(H,53,62)(H,54,58)(H,55,59)(H,56,61)/b15-10+,24-23-/t40-,41+,42+,43+/m1/s1. The summed E-state index contributed by atoms with van der Waals surface area (Å²) in [5.41, 5.74) is 7.92. The summed E-state index contributed by atoms with van der Waals surface area (Å²) in [6.45, 7) is 1.20. The van der Waals surface area contributed by atoms with Crippen molar-refractivity contribution in [1.82, 2.24) is 26.6 Å². The maximum absolute atomic E-state index is 14.5. The van der Waals surface area contributed by atoms with Gasteiger partial charge in [-0.25, -0.2) is 0 Å². The molecule has 1 saturated carbocycles. The van der Waals surface area contributed by atoms with Gasteiger partial charge < -0.3 is 41.8 Å². The van der Waals surface area contributed by atoms with E-state index in [0.717, 1.165) is 49.8 Å². The predicted octanol–water partition coefficient (Wildman–Crippen LogP) is 3.36. The minimum absolute atomic E-state index is 0.00271. The van der Waals surface area contributed by atoms with E-state index >= 15 is 0 Å². The third-order valence-electron chi connectivity index (χ3n) is 11.4. The van der Waals surface area contributed by atoms with E-state index in [1.165, 1.54) is 0 Å². The maximum atomic E-state index is 14.5. The first-order valence-electron chi connectivity index (χ1n) is 22.5. The Bertz CT molecular complexity index is 2090. The zero-order valence-corrected chi connectivity index (χ0v) is 36.8. The fourth-order valence-electron chi connectivity index (χ4n) is 7.85. The van der Waals surface area contributed by atoms with Gasteiger partial charge in [-0.05, 0) is 29.9 Å². The van der Waals surface area contributed by atoms with Gasteiger partial charge in [-0.1, -0.05) is 129 Å². The van der Waals surface area contributed by atoms with Crippen molar-refractivity contribution < 1.29 is 43.0 Å². The van der Waals surface area contributed by atoms with Crippen LogP contribution >= 0.6 is 0 Å². The summed E-state index contributed by atoms with van der Waals surface area (Å²) < 4.78 is 10.8. The van der Waals surface area contributed by atoms with Crippen molar-refractivity contribution in [3.63, 3.8) is 0 Å². The minimum Gasteiger partial charge on any atom is -0.378 e. The van der Waals surface area contributed by atoms with E-state index in [-0.39, 0.29) is 63.1 Å². The van der Waals surface area contributed by atoms with E-state index in [4.69, 9.17) is 15.2 Å². The number of nitrogens with two attached hydrogens (primary N) is 1. The molecule has 1 heterocycles. The Morgan fingerprint density at radius 2 is 1.35 bits per heavy atom. The number of ketones is 2. The summed E-state index contributed by atoms with van der Waals surface area (Å²) in [5, 5.41) is 13.7. The average Bonchev–Trinajstić information content (AvgIpc) is 3.32. The summed E-state index contributed by atoms with van der Waals surface area (Å²) in [5.74, 6) is -4.49. The smallest absolute Gasteiger partial charge is 0.244 e. The zero-order valence-electron chi connectivity index (χ0n) is 36.8. The second-order valence-corrected chi connectivity index (χ2v) is 16.3. The lowest BCUT2D eigenvalue weighted by Gasteiger charge is -2.28. The molecule has 0 spiro atoms. The lowest BCUT2D eigenvalue weighted by Crippen LogP contribution is -2.56. The van der Waals surface area contributed by atoms with E-state index in [0.29, 0.717) is 42.9 Å². The number of ether oxygens (including phenoxy) is 2. The quantitative estimate of drug-likeness (QED) is 0.0807. The third kappa shape index (κ3) is 17.3.